The van der Waals surface area contributed by atoms with E-state index in [4.69, 9.17) is 5.73 Å². The van der Waals surface area contributed by atoms with Crippen LogP contribution >= 0.6 is 0 Å². The average Bonchev–Trinajstić information content (AvgIpc) is 2.52. The number of aryl methyl sites for hydroxylation is 2. The Morgan fingerprint density at radius 3 is 2.65 bits per heavy atom. The van der Waals surface area contributed by atoms with Crippen LogP contribution in [-0.4, -0.2) is 4.98 Å². The summed E-state index contributed by atoms with van der Waals surface area (Å²) in [6, 6.07) is 15.0. The van der Waals surface area contributed by atoms with E-state index in [1.54, 1.807) is 18.3 Å². The largest absolute Gasteiger partial charge is 0.435 e. The predicted octanol–water partition coefficient (Wildman–Crippen LogP) is 5.03. The Hall–Kier alpha value is -0.726. The molecular weight excluding hydrogens is 357 g/mol. The number of nitrogens with zero attached hydrogens (tertiary/aromatic N) is 1. The summed E-state index contributed by atoms with van der Waals surface area (Å²) >= 11 is 0. The van der Waals surface area contributed by atoms with Crippen LogP contribution < -0.4 is 5.73 Å². The van der Waals surface area contributed by atoms with E-state index in [9.17, 15) is 0 Å². The van der Waals surface area contributed by atoms with Gasteiger partial charge >= 0.3 is 0 Å². The SMILES string of the molecule is CC[CH-]CC(C)CCc1cccc(C)c1.Nc1c[c-]ccn1.[Y]. The summed E-state index contributed by atoms with van der Waals surface area (Å²) in [5.74, 6) is 1.34. The number of pyridine rings is 1. The van der Waals surface area contributed by atoms with Crippen LogP contribution in [0.25, 0.3) is 0 Å². The average molecular weight is 385 g/mol. The molecule has 2 nitrogen and oxygen atoms in total. The summed E-state index contributed by atoms with van der Waals surface area (Å²) in [6.07, 6.45) is 8.99. The molecule has 2 N–H and O–H groups in total. The van der Waals surface area contributed by atoms with Crippen molar-refractivity contribution < 1.29 is 32.7 Å². The molecule has 0 aliphatic rings. The summed E-state index contributed by atoms with van der Waals surface area (Å²) in [6.45, 7) is 6.73. The van der Waals surface area contributed by atoms with Gasteiger partial charge in [0.15, 0.2) is 0 Å². The molecule has 3 heteroatoms. The van der Waals surface area contributed by atoms with E-state index in [0.717, 1.165) is 5.92 Å². The van der Waals surface area contributed by atoms with E-state index >= 15 is 0 Å². The van der Waals surface area contributed by atoms with Crippen LogP contribution in [0.1, 0.15) is 44.2 Å². The van der Waals surface area contributed by atoms with Crippen LogP contribution in [0.15, 0.2) is 42.6 Å². The molecule has 1 heterocycles. The first kappa shape index (κ1) is 22.3. The van der Waals surface area contributed by atoms with Crippen molar-refractivity contribution >= 4 is 5.82 Å². The minimum absolute atomic E-state index is 0. The first-order chi connectivity index (χ1) is 10.6. The van der Waals surface area contributed by atoms with Crippen LogP contribution in [0.3, 0.4) is 0 Å². The summed E-state index contributed by atoms with van der Waals surface area (Å²) in [4.78, 5) is 3.73. The molecule has 1 aromatic heterocycles. The third kappa shape index (κ3) is 11.4. The van der Waals surface area contributed by atoms with Crippen molar-refractivity contribution in [3.8, 4) is 0 Å². The van der Waals surface area contributed by atoms with Gasteiger partial charge in [-0.1, -0.05) is 55.8 Å². The summed E-state index contributed by atoms with van der Waals surface area (Å²) < 4.78 is 0. The van der Waals surface area contributed by atoms with Gasteiger partial charge in [-0.25, -0.2) is 0 Å². The molecule has 2 rings (SSSR count). The van der Waals surface area contributed by atoms with Gasteiger partial charge in [0.2, 0.25) is 0 Å². The second-order valence-corrected chi connectivity index (χ2v) is 5.75. The molecule has 2 aromatic rings. The van der Waals surface area contributed by atoms with Gasteiger partial charge in [-0.3, -0.25) is 0 Å². The zero-order chi connectivity index (χ0) is 16.2. The maximum absolute atomic E-state index is 5.22. The molecule has 0 saturated carbocycles. The van der Waals surface area contributed by atoms with Gasteiger partial charge in [-0.15, -0.1) is 6.07 Å². The quantitative estimate of drug-likeness (QED) is 0.709. The molecule has 0 aliphatic carbocycles. The maximum atomic E-state index is 5.22. The number of rotatable bonds is 6. The summed E-state index contributed by atoms with van der Waals surface area (Å²) in [5, 5.41) is 0. The second-order valence-electron chi connectivity index (χ2n) is 5.75. The van der Waals surface area contributed by atoms with E-state index in [1.807, 2.05) is 0 Å². The monoisotopic (exact) mass is 385 g/mol. The minimum Gasteiger partial charge on any atom is -0.435 e. The first-order valence-electron chi connectivity index (χ1n) is 8.06. The molecule has 0 spiro atoms. The zero-order valence-corrected chi connectivity index (χ0v) is 17.5. The number of nitrogens with two attached hydrogens (primary N) is 1. The Bertz CT molecular complexity index is 514. The topological polar surface area (TPSA) is 38.9 Å². The van der Waals surface area contributed by atoms with E-state index in [-0.39, 0.29) is 32.7 Å². The van der Waals surface area contributed by atoms with Gasteiger partial charge in [-0.2, -0.15) is 25.0 Å². The third-order valence-electron chi connectivity index (χ3n) is 3.49. The molecule has 123 valence electrons. The van der Waals surface area contributed by atoms with Crippen molar-refractivity contribution in [3.63, 3.8) is 0 Å². The normalized spacial score (nSPS) is 10.9. The van der Waals surface area contributed by atoms with Crippen molar-refractivity contribution in [2.24, 2.45) is 5.92 Å². The fourth-order valence-corrected chi connectivity index (χ4v) is 2.19. The van der Waals surface area contributed by atoms with Crippen LogP contribution in [-0.2, 0) is 39.1 Å². The van der Waals surface area contributed by atoms with E-state index in [0.29, 0.717) is 5.82 Å². The molecule has 0 amide bonds. The Morgan fingerprint density at radius 2 is 2.13 bits per heavy atom. The van der Waals surface area contributed by atoms with Gasteiger partial charge in [0, 0.05) is 38.5 Å². The molecule has 1 unspecified atom stereocenters. The van der Waals surface area contributed by atoms with Crippen molar-refractivity contribution in [2.75, 3.05) is 5.73 Å². The Labute approximate surface area is 167 Å². The summed E-state index contributed by atoms with van der Waals surface area (Å²) in [7, 11) is 0. The molecule has 0 bridgehead atoms. The van der Waals surface area contributed by atoms with Gasteiger partial charge < -0.3 is 17.1 Å². The number of anilines is 1. The van der Waals surface area contributed by atoms with Gasteiger partial charge in [0.05, 0.1) is 0 Å². The van der Waals surface area contributed by atoms with Crippen LogP contribution in [0.2, 0.25) is 0 Å². The third-order valence-corrected chi connectivity index (χ3v) is 3.49. The van der Waals surface area contributed by atoms with E-state index < -0.39 is 0 Å². The Kier molecular flexibility index (Phi) is 13.3. The molecule has 0 fully saturated rings. The number of nitrogen functional groups attached to an aromatic ring is 1. The number of hydrogen-bond donors (Lipinski definition) is 1. The number of hydrogen-bond acceptors (Lipinski definition) is 2. The van der Waals surface area contributed by atoms with Crippen molar-refractivity contribution in [1.29, 1.82) is 0 Å². The maximum Gasteiger partial charge on any atom is 0.00886 e. The van der Waals surface area contributed by atoms with Gasteiger partial charge in [0.1, 0.15) is 0 Å². The minimum atomic E-state index is 0. The smallest absolute Gasteiger partial charge is 0.00886 e. The Morgan fingerprint density at radius 1 is 1.35 bits per heavy atom. The molecule has 0 aliphatic heterocycles. The van der Waals surface area contributed by atoms with Gasteiger partial charge in [0.25, 0.3) is 0 Å². The van der Waals surface area contributed by atoms with E-state index in [1.165, 1.54) is 36.8 Å². The molecule has 23 heavy (non-hydrogen) atoms. The van der Waals surface area contributed by atoms with Crippen molar-refractivity contribution in [2.45, 2.75) is 46.5 Å². The standard InChI is InChI=1S/C15H23.C5H5N2.Y/c1-4-5-7-13(2)10-11-15-9-6-8-14(3)12-15;6-5-3-1-2-4-7-5;/h5-6,8-9,12-13H,4,7,10-11H2,1-3H3;2-4H,(H2,6,7);/q2*-1;. The second kappa shape index (κ2) is 13.7. The first-order valence-corrected chi connectivity index (χ1v) is 8.06. The molecule has 1 atom stereocenters. The van der Waals surface area contributed by atoms with Crippen LogP contribution in [0.5, 0.6) is 0 Å². The Balaban J connectivity index is 0.000000509. The fourth-order valence-electron chi connectivity index (χ4n) is 2.19. The number of benzene rings is 1. The van der Waals surface area contributed by atoms with Crippen molar-refractivity contribution in [1.82, 2.24) is 4.98 Å². The van der Waals surface area contributed by atoms with Crippen molar-refractivity contribution in [3.05, 3.63) is 66.2 Å². The van der Waals surface area contributed by atoms with Crippen LogP contribution in [0, 0.1) is 25.3 Å². The summed E-state index contributed by atoms with van der Waals surface area (Å²) in [5.41, 5.74) is 8.08. The number of aromatic nitrogens is 1. The van der Waals surface area contributed by atoms with Gasteiger partial charge in [-0.05, 0) is 25.3 Å². The fraction of sp³-hybridized carbons (Fsp3) is 0.400. The molecule has 1 aromatic carbocycles. The predicted molar refractivity (Wildman–Crippen MR) is 95.4 cm³/mol. The van der Waals surface area contributed by atoms with E-state index in [2.05, 4.69) is 62.5 Å². The van der Waals surface area contributed by atoms with Crippen LogP contribution in [0.4, 0.5) is 5.82 Å². The molecule has 0 saturated heterocycles. The number of unbranched alkanes of at least 4 members (excludes halogenated alkanes) is 1. The zero-order valence-electron chi connectivity index (χ0n) is 14.6. The molecular formula is C20H28N2Y-2. The molecule has 1 radical (unpaired) electrons.